The van der Waals surface area contributed by atoms with Gasteiger partial charge in [-0.1, -0.05) is 38.7 Å². The lowest BCUT2D eigenvalue weighted by Gasteiger charge is -2.19. The molecule has 1 saturated heterocycles. The summed E-state index contributed by atoms with van der Waals surface area (Å²) in [6.07, 6.45) is 8.91. The van der Waals surface area contributed by atoms with E-state index in [0.29, 0.717) is 29.7 Å². The van der Waals surface area contributed by atoms with Gasteiger partial charge in [0.1, 0.15) is 5.75 Å². The number of imide groups is 1. The molecule has 0 N–H and O–H groups in total. The van der Waals surface area contributed by atoms with Gasteiger partial charge in [-0.15, -0.1) is 0 Å². The van der Waals surface area contributed by atoms with E-state index in [4.69, 9.17) is 4.74 Å². The summed E-state index contributed by atoms with van der Waals surface area (Å²) in [6.45, 7) is 2.16. The van der Waals surface area contributed by atoms with E-state index in [1.54, 1.807) is 24.3 Å². The van der Waals surface area contributed by atoms with Gasteiger partial charge in [-0.05, 0) is 49.7 Å². The molecule has 4 rings (SSSR count). The molecule has 1 aromatic carbocycles. The Kier molecular flexibility index (Phi) is 5.51. The number of amides is 2. The molecule has 0 spiro atoms. The summed E-state index contributed by atoms with van der Waals surface area (Å²) in [7, 11) is 0. The first-order valence-electron chi connectivity index (χ1n) is 10.8. The van der Waals surface area contributed by atoms with Crippen LogP contribution in [0.3, 0.4) is 0 Å². The van der Waals surface area contributed by atoms with Crippen LogP contribution >= 0.6 is 0 Å². The second-order valence-corrected chi connectivity index (χ2v) is 8.53. The van der Waals surface area contributed by atoms with Crippen molar-refractivity contribution in [2.75, 3.05) is 4.90 Å². The van der Waals surface area contributed by atoms with Crippen LogP contribution in [0.4, 0.5) is 5.69 Å². The highest BCUT2D eigenvalue weighted by Gasteiger charge is 2.61. The summed E-state index contributed by atoms with van der Waals surface area (Å²) in [5, 5.41) is 0. The lowest BCUT2D eigenvalue weighted by Crippen LogP contribution is -2.32. The van der Waals surface area contributed by atoms with Gasteiger partial charge in [-0.2, -0.15) is 0 Å². The van der Waals surface area contributed by atoms with Gasteiger partial charge in [-0.25, -0.2) is 4.90 Å². The molecule has 4 atom stereocenters. The van der Waals surface area contributed by atoms with Crippen LogP contribution in [-0.4, -0.2) is 17.8 Å². The molecule has 1 heterocycles. The fraction of sp³-hybridized carbons (Fsp3) is 0.609. The highest BCUT2D eigenvalue weighted by molar-refractivity contribution is 6.22. The number of benzene rings is 1. The molecule has 5 heteroatoms. The minimum Gasteiger partial charge on any atom is -0.426 e. The SMILES string of the molecule is CCCCCCCC(=O)Oc1cccc(N2C(=O)C3C4CCC(C4)C3C2=O)c1. The van der Waals surface area contributed by atoms with Crippen LogP contribution in [-0.2, 0) is 14.4 Å². The lowest BCUT2D eigenvalue weighted by atomic mass is 9.81. The fourth-order valence-electron chi connectivity index (χ4n) is 5.40. The zero-order chi connectivity index (χ0) is 19.7. The maximum atomic E-state index is 12.9. The molecule has 4 unspecified atom stereocenters. The smallest absolute Gasteiger partial charge is 0.311 e. The monoisotopic (exact) mass is 383 g/mol. The van der Waals surface area contributed by atoms with Crippen molar-refractivity contribution in [3.8, 4) is 5.75 Å². The normalized spacial score (nSPS) is 28.1. The molecule has 3 aliphatic rings. The van der Waals surface area contributed by atoms with E-state index >= 15 is 0 Å². The Hall–Kier alpha value is -2.17. The second kappa shape index (κ2) is 8.06. The zero-order valence-corrected chi connectivity index (χ0v) is 16.6. The topological polar surface area (TPSA) is 63.7 Å². The Morgan fingerprint density at radius 1 is 1.04 bits per heavy atom. The summed E-state index contributed by atoms with van der Waals surface area (Å²) in [5.41, 5.74) is 0.525. The van der Waals surface area contributed by atoms with E-state index in [1.807, 2.05) is 0 Å². The first-order chi connectivity index (χ1) is 13.6. The average Bonchev–Trinajstić information content (AvgIpc) is 3.35. The van der Waals surface area contributed by atoms with Gasteiger partial charge in [-0.3, -0.25) is 14.4 Å². The predicted octanol–water partition coefficient (Wildman–Crippen LogP) is 4.49. The number of carbonyl (C=O) groups excluding carboxylic acids is 3. The Balaban J connectivity index is 1.40. The molecule has 2 aliphatic carbocycles. The molecular formula is C23H29NO4. The number of esters is 1. The van der Waals surface area contributed by atoms with Gasteiger partial charge in [0.25, 0.3) is 0 Å². The minimum atomic E-state index is -0.261. The molecule has 28 heavy (non-hydrogen) atoms. The zero-order valence-electron chi connectivity index (χ0n) is 16.6. The Morgan fingerprint density at radius 3 is 2.39 bits per heavy atom. The predicted molar refractivity (Wildman–Crippen MR) is 106 cm³/mol. The van der Waals surface area contributed by atoms with Crippen LogP contribution < -0.4 is 9.64 Å². The molecule has 150 valence electrons. The minimum absolute atomic E-state index is 0.0680. The summed E-state index contributed by atoms with van der Waals surface area (Å²) in [5.74, 6) is 0.457. The second-order valence-electron chi connectivity index (χ2n) is 8.53. The summed E-state index contributed by atoms with van der Waals surface area (Å²) in [4.78, 5) is 39.3. The first-order valence-corrected chi connectivity index (χ1v) is 10.8. The van der Waals surface area contributed by atoms with E-state index in [2.05, 4.69) is 6.92 Å². The van der Waals surface area contributed by atoms with Crippen molar-refractivity contribution in [1.29, 1.82) is 0 Å². The maximum absolute atomic E-state index is 12.9. The Bertz CT molecular complexity index is 746. The first kappa shape index (κ1) is 19.2. The number of nitrogens with zero attached hydrogens (tertiary/aromatic N) is 1. The average molecular weight is 383 g/mol. The summed E-state index contributed by atoms with van der Waals surface area (Å²) in [6, 6.07) is 6.84. The number of hydrogen-bond donors (Lipinski definition) is 0. The van der Waals surface area contributed by atoms with Crippen molar-refractivity contribution >= 4 is 23.5 Å². The third kappa shape index (κ3) is 3.47. The number of ether oxygens (including phenoxy) is 1. The standard InChI is InChI=1S/C23H29NO4/c1-2-3-4-5-6-10-19(25)28-18-9-7-8-17(14-18)24-22(26)20-15-11-12-16(13-15)21(20)23(24)27/h7-9,14-16,20-21H,2-6,10-13H2,1H3. The quantitative estimate of drug-likeness (QED) is 0.287. The number of rotatable bonds is 8. The van der Waals surface area contributed by atoms with E-state index in [-0.39, 0.29) is 29.6 Å². The third-order valence-corrected chi connectivity index (χ3v) is 6.72. The van der Waals surface area contributed by atoms with Crippen LogP contribution in [0.5, 0.6) is 5.75 Å². The van der Waals surface area contributed by atoms with Gasteiger partial charge in [0.2, 0.25) is 11.8 Å². The third-order valence-electron chi connectivity index (χ3n) is 6.72. The van der Waals surface area contributed by atoms with E-state index in [9.17, 15) is 14.4 Å². The molecule has 5 nitrogen and oxygen atoms in total. The largest absolute Gasteiger partial charge is 0.426 e. The van der Waals surface area contributed by atoms with Crippen LogP contribution in [0.1, 0.15) is 64.7 Å². The molecule has 2 bridgehead atoms. The molecule has 0 aromatic heterocycles. The highest BCUT2D eigenvalue weighted by Crippen LogP contribution is 2.56. The number of hydrogen-bond acceptors (Lipinski definition) is 4. The van der Waals surface area contributed by atoms with E-state index < -0.39 is 0 Å². The maximum Gasteiger partial charge on any atom is 0.311 e. The lowest BCUT2D eigenvalue weighted by molar-refractivity contribution is -0.134. The van der Waals surface area contributed by atoms with Crippen LogP contribution in [0.25, 0.3) is 0 Å². The summed E-state index contributed by atoms with van der Waals surface area (Å²) >= 11 is 0. The van der Waals surface area contributed by atoms with Gasteiger partial charge in [0.05, 0.1) is 17.5 Å². The van der Waals surface area contributed by atoms with Crippen molar-refractivity contribution in [3.63, 3.8) is 0 Å². The number of fused-ring (bicyclic) bond motifs is 5. The van der Waals surface area contributed by atoms with Gasteiger partial charge >= 0.3 is 5.97 Å². The van der Waals surface area contributed by atoms with Crippen molar-refractivity contribution in [3.05, 3.63) is 24.3 Å². The summed E-state index contributed by atoms with van der Waals surface area (Å²) < 4.78 is 5.45. The molecule has 2 saturated carbocycles. The number of carbonyl (C=O) groups is 3. The Labute approximate surface area is 166 Å². The van der Waals surface area contributed by atoms with Crippen molar-refractivity contribution in [2.24, 2.45) is 23.7 Å². The number of unbranched alkanes of at least 4 members (excludes halogenated alkanes) is 4. The Morgan fingerprint density at radius 2 is 1.71 bits per heavy atom. The van der Waals surface area contributed by atoms with Crippen LogP contribution in [0, 0.1) is 23.7 Å². The fourth-order valence-corrected chi connectivity index (χ4v) is 5.40. The highest BCUT2D eigenvalue weighted by atomic mass is 16.5. The van der Waals surface area contributed by atoms with E-state index in [1.165, 1.54) is 17.7 Å². The van der Waals surface area contributed by atoms with Gasteiger partial charge < -0.3 is 4.74 Å². The van der Waals surface area contributed by atoms with Crippen molar-refractivity contribution < 1.29 is 19.1 Å². The van der Waals surface area contributed by atoms with Gasteiger partial charge in [0, 0.05) is 12.5 Å². The van der Waals surface area contributed by atoms with Crippen LogP contribution in [0.15, 0.2) is 24.3 Å². The molecule has 1 aliphatic heterocycles. The van der Waals surface area contributed by atoms with E-state index in [0.717, 1.165) is 38.5 Å². The molecule has 0 radical (unpaired) electrons. The van der Waals surface area contributed by atoms with Crippen molar-refractivity contribution in [2.45, 2.75) is 64.7 Å². The number of anilines is 1. The molecule has 3 fully saturated rings. The van der Waals surface area contributed by atoms with Crippen molar-refractivity contribution in [1.82, 2.24) is 0 Å². The van der Waals surface area contributed by atoms with Crippen LogP contribution in [0.2, 0.25) is 0 Å². The molecule has 1 aromatic rings. The molecular weight excluding hydrogens is 354 g/mol. The van der Waals surface area contributed by atoms with Gasteiger partial charge in [0.15, 0.2) is 0 Å². The molecule has 2 amide bonds.